The molecule has 4 heteroatoms. The monoisotopic (exact) mass is 353 g/mol. The van der Waals surface area contributed by atoms with Crippen molar-refractivity contribution in [1.82, 2.24) is 0 Å². The van der Waals surface area contributed by atoms with Crippen LogP contribution in [0, 0.1) is 19.7 Å². The molecule has 0 spiro atoms. The third-order valence-electron chi connectivity index (χ3n) is 4.15. The van der Waals surface area contributed by atoms with E-state index < -0.39 is 0 Å². The van der Waals surface area contributed by atoms with Gasteiger partial charge in [-0.15, -0.1) is 0 Å². The molecule has 0 radical (unpaired) electrons. The summed E-state index contributed by atoms with van der Waals surface area (Å²) in [5.74, 6) is 0.0292. The zero-order chi connectivity index (χ0) is 19.5. The van der Waals surface area contributed by atoms with Gasteiger partial charge >= 0.3 is 0 Å². The van der Waals surface area contributed by atoms with E-state index in [4.69, 9.17) is 0 Å². The predicted molar refractivity (Wildman–Crippen MR) is 112 cm³/mol. The van der Waals surface area contributed by atoms with Gasteiger partial charge in [0.05, 0.1) is 6.54 Å². The molecule has 0 fully saturated rings. The summed E-state index contributed by atoms with van der Waals surface area (Å²) in [4.78, 5) is 12.3. The van der Waals surface area contributed by atoms with Crippen LogP contribution in [-0.4, -0.2) is 25.2 Å². The number of hydrogen-bond donors (Lipinski definition) is 0. The van der Waals surface area contributed by atoms with Crippen LogP contribution in [0.15, 0.2) is 63.8 Å². The Kier molecular flexibility index (Phi) is 9.13. The molecule has 1 atom stereocenters. The summed E-state index contributed by atoms with van der Waals surface area (Å²) >= 11 is 0. The molecule has 0 aromatic heterocycles. The van der Waals surface area contributed by atoms with E-state index in [1.165, 1.54) is 0 Å². The van der Waals surface area contributed by atoms with E-state index in [1.807, 2.05) is 20.0 Å². The van der Waals surface area contributed by atoms with E-state index in [-0.39, 0.29) is 11.7 Å². The minimum atomic E-state index is -0.150. The first-order chi connectivity index (χ1) is 12.4. The number of rotatable bonds is 9. The van der Waals surface area contributed by atoms with Crippen LogP contribution in [0.3, 0.4) is 0 Å². The van der Waals surface area contributed by atoms with Gasteiger partial charge in [-0.05, 0) is 74.2 Å². The fourth-order valence-electron chi connectivity index (χ4n) is 2.37. The molecule has 0 amide bonds. The Bertz CT molecular complexity index is 732. The number of aryl methyl sites for hydroxylation is 1. The molecule has 1 unspecified atom stereocenters. The maximum absolute atomic E-state index is 14.0. The van der Waals surface area contributed by atoms with Gasteiger partial charge < -0.3 is 0 Å². The predicted octanol–water partition coefficient (Wildman–Crippen LogP) is 5.75. The van der Waals surface area contributed by atoms with Gasteiger partial charge in [0.2, 0.25) is 0 Å². The van der Waals surface area contributed by atoms with Crippen LogP contribution in [-0.2, 0) is 0 Å². The van der Waals surface area contributed by atoms with Gasteiger partial charge in [-0.2, -0.15) is 0 Å². The standard InChI is InChI=1S/C22H28FN3/c1-7-20(15-26-18(4)14-25-10-8-9-24-6)11-17(3)21-12-16(2)19(5)22(23)13-21/h7-10,12-13,15,17H,1,6,11,14H2,2-5H3/b9-8-,20-15+,25-10?,26-18?. The van der Waals surface area contributed by atoms with Crippen LogP contribution < -0.4 is 0 Å². The Morgan fingerprint density at radius 3 is 2.65 bits per heavy atom. The fourth-order valence-corrected chi connectivity index (χ4v) is 2.37. The molecule has 1 aromatic rings. The highest BCUT2D eigenvalue weighted by Gasteiger charge is 2.11. The minimum absolute atomic E-state index is 0.150. The van der Waals surface area contributed by atoms with Crippen molar-refractivity contribution < 1.29 is 4.39 Å². The lowest BCUT2D eigenvalue weighted by molar-refractivity contribution is 0.610. The summed E-state index contributed by atoms with van der Waals surface area (Å²) in [7, 11) is 0. The third-order valence-corrected chi connectivity index (χ3v) is 4.15. The molecule has 0 aliphatic heterocycles. The SMILES string of the molecule is C=C/C(=C\N=C(C)CN=C/C=C\N=C)CC(C)c1cc(C)c(C)c(F)c1. The van der Waals surface area contributed by atoms with Crippen LogP contribution in [0.1, 0.15) is 42.9 Å². The second-order valence-corrected chi connectivity index (χ2v) is 6.34. The molecule has 0 N–H and O–H groups in total. The van der Waals surface area contributed by atoms with E-state index >= 15 is 0 Å². The highest BCUT2D eigenvalue weighted by atomic mass is 19.1. The van der Waals surface area contributed by atoms with E-state index in [0.717, 1.165) is 28.8 Å². The molecule has 0 aliphatic carbocycles. The normalized spacial score (nSPS) is 14.2. The molecule has 0 bridgehead atoms. The maximum Gasteiger partial charge on any atom is 0.126 e. The van der Waals surface area contributed by atoms with Crippen molar-refractivity contribution in [2.75, 3.05) is 6.54 Å². The highest BCUT2D eigenvalue weighted by Crippen LogP contribution is 2.27. The molecule has 0 heterocycles. The molecule has 1 rings (SSSR count). The van der Waals surface area contributed by atoms with Crippen LogP contribution in [0.2, 0.25) is 0 Å². The smallest absolute Gasteiger partial charge is 0.126 e. The molecule has 0 saturated heterocycles. The van der Waals surface area contributed by atoms with E-state index in [2.05, 4.69) is 41.3 Å². The van der Waals surface area contributed by atoms with Crippen molar-refractivity contribution >= 4 is 18.6 Å². The number of nitrogens with zero attached hydrogens (tertiary/aromatic N) is 3. The average molecular weight is 353 g/mol. The summed E-state index contributed by atoms with van der Waals surface area (Å²) in [5.41, 5.74) is 4.58. The summed E-state index contributed by atoms with van der Waals surface area (Å²) in [6.45, 7) is 15.5. The quantitative estimate of drug-likeness (QED) is 0.400. The lowest BCUT2D eigenvalue weighted by Crippen LogP contribution is -1.99. The second-order valence-electron chi connectivity index (χ2n) is 6.34. The number of benzene rings is 1. The summed E-state index contributed by atoms with van der Waals surface area (Å²) in [5, 5.41) is 0. The molecule has 0 saturated carbocycles. The summed E-state index contributed by atoms with van der Waals surface area (Å²) < 4.78 is 14.0. The van der Waals surface area contributed by atoms with Gasteiger partial charge in [0, 0.05) is 24.3 Å². The Labute approximate surface area is 156 Å². The van der Waals surface area contributed by atoms with Gasteiger partial charge in [0.1, 0.15) is 5.82 Å². The molecular formula is C22H28FN3. The van der Waals surface area contributed by atoms with Crippen molar-refractivity contribution in [3.05, 3.63) is 71.3 Å². The van der Waals surface area contributed by atoms with Crippen LogP contribution in [0.25, 0.3) is 0 Å². The van der Waals surface area contributed by atoms with Gasteiger partial charge in [-0.25, -0.2) is 4.39 Å². The lowest BCUT2D eigenvalue weighted by Gasteiger charge is -2.15. The molecule has 26 heavy (non-hydrogen) atoms. The van der Waals surface area contributed by atoms with Crippen molar-refractivity contribution in [3.63, 3.8) is 0 Å². The lowest BCUT2D eigenvalue weighted by atomic mass is 9.91. The second kappa shape index (κ2) is 11.1. The van der Waals surface area contributed by atoms with E-state index in [9.17, 15) is 4.39 Å². The zero-order valence-electron chi connectivity index (χ0n) is 16.2. The van der Waals surface area contributed by atoms with Crippen molar-refractivity contribution in [3.8, 4) is 0 Å². The van der Waals surface area contributed by atoms with Gasteiger partial charge in [0.15, 0.2) is 0 Å². The molecule has 3 nitrogen and oxygen atoms in total. The highest BCUT2D eigenvalue weighted by molar-refractivity contribution is 5.86. The number of aliphatic imine (C=N–C) groups is 3. The molecule has 1 aromatic carbocycles. The number of allylic oxidation sites excluding steroid dienone is 3. The zero-order valence-corrected chi connectivity index (χ0v) is 16.2. The summed E-state index contributed by atoms with van der Waals surface area (Å²) in [6, 6.07) is 3.68. The molecule has 0 aliphatic rings. The maximum atomic E-state index is 14.0. The summed E-state index contributed by atoms with van der Waals surface area (Å²) in [6.07, 6.45) is 9.32. The van der Waals surface area contributed by atoms with Gasteiger partial charge in [-0.1, -0.05) is 25.6 Å². The number of hydrogen-bond acceptors (Lipinski definition) is 3. The van der Waals surface area contributed by atoms with Gasteiger partial charge in [0.25, 0.3) is 0 Å². The Hall–Kier alpha value is -2.62. The van der Waals surface area contributed by atoms with E-state index in [1.54, 1.807) is 37.6 Å². The average Bonchev–Trinajstić information content (AvgIpc) is 2.62. The van der Waals surface area contributed by atoms with Crippen LogP contribution in [0.5, 0.6) is 0 Å². The van der Waals surface area contributed by atoms with Crippen molar-refractivity contribution in [1.29, 1.82) is 0 Å². The van der Waals surface area contributed by atoms with Gasteiger partial charge in [-0.3, -0.25) is 15.0 Å². The molecular weight excluding hydrogens is 325 g/mol. The Morgan fingerprint density at radius 1 is 1.31 bits per heavy atom. The largest absolute Gasteiger partial charge is 0.287 e. The van der Waals surface area contributed by atoms with Crippen molar-refractivity contribution in [2.45, 2.75) is 40.0 Å². The fraction of sp³-hybridized carbons (Fsp3) is 0.318. The first-order valence-electron chi connectivity index (χ1n) is 8.61. The number of halogens is 1. The Balaban J connectivity index is 2.79. The van der Waals surface area contributed by atoms with E-state index in [0.29, 0.717) is 12.1 Å². The van der Waals surface area contributed by atoms with Crippen LogP contribution >= 0.6 is 0 Å². The van der Waals surface area contributed by atoms with Crippen molar-refractivity contribution in [2.24, 2.45) is 15.0 Å². The topological polar surface area (TPSA) is 37.1 Å². The Morgan fingerprint density at radius 2 is 2.04 bits per heavy atom. The van der Waals surface area contributed by atoms with Crippen LogP contribution in [0.4, 0.5) is 4.39 Å². The molecule has 138 valence electrons. The first-order valence-corrected chi connectivity index (χ1v) is 8.61. The first kappa shape index (κ1) is 21.4. The minimum Gasteiger partial charge on any atom is -0.287 e. The third kappa shape index (κ3) is 7.09.